The van der Waals surface area contributed by atoms with Gasteiger partial charge in [0.15, 0.2) is 0 Å². The van der Waals surface area contributed by atoms with Gasteiger partial charge in [0.25, 0.3) is 0 Å². The predicted molar refractivity (Wildman–Crippen MR) is 55.8 cm³/mol. The standard InChI is InChI=1S/C11H21NO2/c1-3-9(4-2)6-12-7-10(8-13)5-11(12)14/h9-10,13H,3-8H2,1-2H3. The molecule has 1 amide bonds. The number of likely N-dealkylation sites (tertiary alicyclic amines) is 1. The Balaban J connectivity index is 2.41. The average molecular weight is 199 g/mol. The van der Waals surface area contributed by atoms with Crippen LogP contribution in [0, 0.1) is 11.8 Å². The summed E-state index contributed by atoms with van der Waals surface area (Å²) in [5, 5.41) is 8.97. The zero-order chi connectivity index (χ0) is 10.6. The second-order valence-corrected chi connectivity index (χ2v) is 4.23. The van der Waals surface area contributed by atoms with Gasteiger partial charge in [-0.05, 0) is 5.92 Å². The summed E-state index contributed by atoms with van der Waals surface area (Å²) in [5.41, 5.74) is 0. The Bertz CT molecular complexity index is 190. The molecule has 0 aromatic rings. The van der Waals surface area contributed by atoms with Crippen molar-refractivity contribution < 1.29 is 9.90 Å². The molecule has 1 fully saturated rings. The maximum absolute atomic E-state index is 11.5. The van der Waals surface area contributed by atoms with E-state index in [1.165, 1.54) is 0 Å². The third kappa shape index (κ3) is 2.71. The number of aliphatic hydroxyl groups excluding tert-OH is 1. The molecule has 0 saturated carbocycles. The minimum Gasteiger partial charge on any atom is -0.396 e. The van der Waals surface area contributed by atoms with Crippen LogP contribution >= 0.6 is 0 Å². The van der Waals surface area contributed by atoms with Crippen LogP contribution in [0.25, 0.3) is 0 Å². The monoisotopic (exact) mass is 199 g/mol. The Morgan fingerprint density at radius 3 is 2.57 bits per heavy atom. The van der Waals surface area contributed by atoms with Gasteiger partial charge in [-0.15, -0.1) is 0 Å². The van der Waals surface area contributed by atoms with Crippen molar-refractivity contribution in [3.8, 4) is 0 Å². The molecule has 0 bridgehead atoms. The van der Waals surface area contributed by atoms with Crippen molar-refractivity contribution in [2.45, 2.75) is 33.1 Å². The average Bonchev–Trinajstić information content (AvgIpc) is 2.56. The molecule has 3 heteroatoms. The van der Waals surface area contributed by atoms with Gasteiger partial charge in [0.2, 0.25) is 5.91 Å². The zero-order valence-corrected chi connectivity index (χ0v) is 9.20. The Morgan fingerprint density at radius 1 is 1.50 bits per heavy atom. The summed E-state index contributed by atoms with van der Waals surface area (Å²) in [6.45, 7) is 6.11. The van der Waals surface area contributed by atoms with Crippen LogP contribution in [0.5, 0.6) is 0 Å². The van der Waals surface area contributed by atoms with Gasteiger partial charge in [0.05, 0.1) is 0 Å². The minimum absolute atomic E-state index is 0.144. The number of hydrogen-bond acceptors (Lipinski definition) is 2. The molecule has 1 saturated heterocycles. The van der Waals surface area contributed by atoms with E-state index in [1.807, 2.05) is 4.90 Å². The maximum Gasteiger partial charge on any atom is 0.223 e. The lowest BCUT2D eigenvalue weighted by Crippen LogP contribution is -2.30. The van der Waals surface area contributed by atoms with Crippen LogP contribution in [0.1, 0.15) is 33.1 Å². The molecule has 82 valence electrons. The van der Waals surface area contributed by atoms with Crippen LogP contribution in [-0.2, 0) is 4.79 Å². The van der Waals surface area contributed by atoms with E-state index in [-0.39, 0.29) is 18.4 Å². The fourth-order valence-electron chi connectivity index (χ4n) is 2.01. The van der Waals surface area contributed by atoms with Crippen molar-refractivity contribution in [3.63, 3.8) is 0 Å². The number of hydrogen-bond donors (Lipinski definition) is 1. The molecule has 3 nitrogen and oxygen atoms in total. The van der Waals surface area contributed by atoms with E-state index in [0.29, 0.717) is 12.3 Å². The first kappa shape index (κ1) is 11.5. The van der Waals surface area contributed by atoms with E-state index in [9.17, 15) is 4.79 Å². The van der Waals surface area contributed by atoms with Crippen LogP contribution in [0.2, 0.25) is 0 Å². The SMILES string of the molecule is CCC(CC)CN1CC(CO)CC1=O. The van der Waals surface area contributed by atoms with Crippen molar-refractivity contribution >= 4 is 5.91 Å². The second kappa shape index (κ2) is 5.35. The Hall–Kier alpha value is -0.570. The third-order valence-corrected chi connectivity index (χ3v) is 3.19. The highest BCUT2D eigenvalue weighted by Crippen LogP contribution is 2.20. The number of rotatable bonds is 5. The molecule has 1 rings (SSSR count). The molecule has 0 spiro atoms. The van der Waals surface area contributed by atoms with Gasteiger partial charge in [0.1, 0.15) is 0 Å². The van der Waals surface area contributed by atoms with Gasteiger partial charge in [-0.3, -0.25) is 4.79 Å². The molecule has 0 aromatic heterocycles. The summed E-state index contributed by atoms with van der Waals surface area (Å²) in [5.74, 6) is 1.02. The lowest BCUT2D eigenvalue weighted by Gasteiger charge is -2.22. The van der Waals surface area contributed by atoms with Crippen LogP contribution < -0.4 is 0 Å². The molecule has 14 heavy (non-hydrogen) atoms. The van der Waals surface area contributed by atoms with Gasteiger partial charge in [0, 0.05) is 32.0 Å². The van der Waals surface area contributed by atoms with E-state index >= 15 is 0 Å². The van der Waals surface area contributed by atoms with Crippen molar-refractivity contribution in [3.05, 3.63) is 0 Å². The molecular weight excluding hydrogens is 178 g/mol. The minimum atomic E-state index is 0.144. The summed E-state index contributed by atoms with van der Waals surface area (Å²) in [6, 6.07) is 0. The molecule has 0 aromatic carbocycles. The summed E-state index contributed by atoms with van der Waals surface area (Å²) in [7, 11) is 0. The van der Waals surface area contributed by atoms with Gasteiger partial charge < -0.3 is 10.0 Å². The highest BCUT2D eigenvalue weighted by Gasteiger charge is 2.29. The number of nitrogens with zero attached hydrogens (tertiary/aromatic N) is 1. The predicted octanol–water partition coefficient (Wildman–Crippen LogP) is 1.26. The number of carbonyl (C=O) groups excluding carboxylic acids is 1. The number of carbonyl (C=O) groups is 1. The fraction of sp³-hybridized carbons (Fsp3) is 0.909. The first-order chi connectivity index (χ1) is 6.71. The third-order valence-electron chi connectivity index (χ3n) is 3.19. The lowest BCUT2D eigenvalue weighted by atomic mass is 10.0. The molecule has 1 heterocycles. The molecule has 1 N–H and O–H groups in total. The first-order valence-electron chi connectivity index (χ1n) is 5.59. The summed E-state index contributed by atoms with van der Waals surface area (Å²) < 4.78 is 0. The van der Waals surface area contributed by atoms with Gasteiger partial charge in [-0.25, -0.2) is 0 Å². The lowest BCUT2D eigenvalue weighted by molar-refractivity contribution is -0.128. The Labute approximate surface area is 86.1 Å². The molecular formula is C11H21NO2. The molecule has 1 unspecified atom stereocenters. The maximum atomic E-state index is 11.5. The van der Waals surface area contributed by atoms with Crippen LogP contribution in [0.15, 0.2) is 0 Å². The van der Waals surface area contributed by atoms with Crippen molar-refractivity contribution in [1.82, 2.24) is 4.90 Å². The summed E-state index contributed by atoms with van der Waals surface area (Å²) in [6.07, 6.45) is 2.80. The van der Waals surface area contributed by atoms with E-state index in [2.05, 4.69) is 13.8 Å². The van der Waals surface area contributed by atoms with E-state index in [4.69, 9.17) is 5.11 Å². The van der Waals surface area contributed by atoms with Gasteiger partial charge >= 0.3 is 0 Å². The van der Waals surface area contributed by atoms with Gasteiger partial charge in [-0.2, -0.15) is 0 Å². The van der Waals surface area contributed by atoms with Crippen LogP contribution in [-0.4, -0.2) is 35.6 Å². The first-order valence-corrected chi connectivity index (χ1v) is 5.59. The Morgan fingerprint density at radius 2 is 2.14 bits per heavy atom. The molecule has 0 radical (unpaired) electrons. The van der Waals surface area contributed by atoms with Crippen LogP contribution in [0.4, 0.5) is 0 Å². The topological polar surface area (TPSA) is 40.5 Å². The quantitative estimate of drug-likeness (QED) is 0.724. The smallest absolute Gasteiger partial charge is 0.223 e. The van der Waals surface area contributed by atoms with E-state index < -0.39 is 0 Å². The zero-order valence-electron chi connectivity index (χ0n) is 9.20. The van der Waals surface area contributed by atoms with Crippen LogP contribution in [0.3, 0.4) is 0 Å². The highest BCUT2D eigenvalue weighted by molar-refractivity contribution is 5.78. The fourth-order valence-corrected chi connectivity index (χ4v) is 2.01. The highest BCUT2D eigenvalue weighted by atomic mass is 16.3. The molecule has 0 aliphatic carbocycles. The second-order valence-electron chi connectivity index (χ2n) is 4.23. The summed E-state index contributed by atoms with van der Waals surface area (Å²) >= 11 is 0. The van der Waals surface area contributed by atoms with Crippen molar-refractivity contribution in [2.75, 3.05) is 19.7 Å². The Kier molecular flexibility index (Phi) is 4.39. The number of aliphatic hydroxyl groups is 1. The van der Waals surface area contributed by atoms with Crippen molar-refractivity contribution in [2.24, 2.45) is 11.8 Å². The number of amides is 1. The normalized spacial score (nSPS) is 22.4. The summed E-state index contributed by atoms with van der Waals surface area (Å²) in [4.78, 5) is 13.4. The van der Waals surface area contributed by atoms with Crippen molar-refractivity contribution in [1.29, 1.82) is 0 Å². The van der Waals surface area contributed by atoms with Gasteiger partial charge in [-0.1, -0.05) is 26.7 Å². The van der Waals surface area contributed by atoms with E-state index in [0.717, 1.165) is 25.9 Å². The largest absolute Gasteiger partial charge is 0.396 e. The molecule has 1 aliphatic heterocycles. The molecule has 1 atom stereocenters. The molecule has 1 aliphatic rings. The van der Waals surface area contributed by atoms with E-state index in [1.54, 1.807) is 0 Å².